The van der Waals surface area contributed by atoms with Crippen LogP contribution in [0.4, 0.5) is 5.69 Å². The van der Waals surface area contributed by atoms with Crippen molar-refractivity contribution in [1.29, 1.82) is 0 Å². The highest BCUT2D eigenvalue weighted by Crippen LogP contribution is 2.26. The summed E-state index contributed by atoms with van der Waals surface area (Å²) in [5, 5.41) is 0. The molecule has 3 rings (SSSR count). The number of nitrogens with zero attached hydrogens (tertiary/aromatic N) is 2. The molecule has 1 saturated heterocycles. The van der Waals surface area contributed by atoms with Crippen LogP contribution < -0.4 is 9.64 Å². The Bertz CT molecular complexity index is 708. The van der Waals surface area contributed by atoms with Gasteiger partial charge in [0.05, 0.1) is 7.11 Å². The van der Waals surface area contributed by atoms with Crippen molar-refractivity contribution in [2.24, 2.45) is 0 Å². The van der Waals surface area contributed by atoms with Crippen LogP contribution in [-0.2, 0) is 6.54 Å². The topological polar surface area (TPSA) is 32.8 Å². The van der Waals surface area contributed by atoms with Crippen molar-refractivity contribution < 1.29 is 9.53 Å². The first-order valence-electron chi connectivity index (χ1n) is 8.41. The van der Waals surface area contributed by atoms with Gasteiger partial charge in [0.1, 0.15) is 5.75 Å². The number of rotatable bonds is 5. The third kappa shape index (κ3) is 3.53. The Balaban J connectivity index is 1.77. The third-order valence-corrected chi connectivity index (χ3v) is 4.51. The van der Waals surface area contributed by atoms with E-state index in [1.54, 1.807) is 18.1 Å². The predicted molar refractivity (Wildman–Crippen MR) is 96.7 cm³/mol. The average Bonchev–Trinajstić information content (AvgIpc) is 3.16. The molecular formula is C20H24N2O2. The standard InChI is InChI=1S/C20H24N2O2/c1-21(20(23)16-9-7-10-18(14-16)24-2)15-17-8-3-4-11-19(17)22-12-5-6-13-22/h3-4,7-11,14H,5-6,12-13,15H2,1-2H3. The van der Waals surface area contributed by atoms with Crippen molar-refractivity contribution in [2.75, 3.05) is 32.1 Å². The monoisotopic (exact) mass is 324 g/mol. The molecule has 2 aromatic rings. The van der Waals surface area contributed by atoms with Crippen molar-refractivity contribution in [3.63, 3.8) is 0 Å². The van der Waals surface area contributed by atoms with Crippen molar-refractivity contribution in [3.8, 4) is 5.75 Å². The number of hydrogen-bond donors (Lipinski definition) is 0. The van der Waals surface area contributed by atoms with Crippen molar-refractivity contribution >= 4 is 11.6 Å². The van der Waals surface area contributed by atoms with Gasteiger partial charge in [-0.25, -0.2) is 0 Å². The lowest BCUT2D eigenvalue weighted by molar-refractivity contribution is 0.0785. The summed E-state index contributed by atoms with van der Waals surface area (Å²) in [6.07, 6.45) is 2.49. The molecular weight excluding hydrogens is 300 g/mol. The largest absolute Gasteiger partial charge is 0.497 e. The number of benzene rings is 2. The molecule has 126 valence electrons. The number of hydrogen-bond acceptors (Lipinski definition) is 3. The minimum atomic E-state index is 0.00475. The minimum Gasteiger partial charge on any atom is -0.497 e. The lowest BCUT2D eigenvalue weighted by Crippen LogP contribution is -2.28. The summed E-state index contributed by atoms with van der Waals surface area (Å²) < 4.78 is 5.21. The van der Waals surface area contributed by atoms with E-state index < -0.39 is 0 Å². The zero-order chi connectivity index (χ0) is 16.9. The molecule has 0 aromatic heterocycles. The molecule has 0 N–H and O–H groups in total. The van der Waals surface area contributed by atoms with E-state index >= 15 is 0 Å². The Kier molecular flexibility index (Phi) is 5.04. The molecule has 1 heterocycles. The number of ether oxygens (including phenoxy) is 1. The molecule has 1 amide bonds. The average molecular weight is 324 g/mol. The van der Waals surface area contributed by atoms with Gasteiger partial charge in [-0.3, -0.25) is 4.79 Å². The maximum atomic E-state index is 12.7. The molecule has 0 aliphatic carbocycles. The molecule has 0 saturated carbocycles. The summed E-state index contributed by atoms with van der Waals surface area (Å²) in [6, 6.07) is 15.7. The van der Waals surface area contributed by atoms with Gasteiger partial charge in [-0.2, -0.15) is 0 Å². The van der Waals surface area contributed by atoms with E-state index in [0.29, 0.717) is 17.9 Å². The van der Waals surface area contributed by atoms with Crippen LogP contribution in [0.25, 0.3) is 0 Å². The summed E-state index contributed by atoms with van der Waals surface area (Å²) in [4.78, 5) is 16.9. The molecule has 1 aliphatic rings. The van der Waals surface area contributed by atoms with Crippen molar-refractivity contribution in [1.82, 2.24) is 4.90 Å². The molecule has 24 heavy (non-hydrogen) atoms. The van der Waals surface area contributed by atoms with Gasteiger partial charge in [0.15, 0.2) is 0 Å². The van der Waals surface area contributed by atoms with Crippen molar-refractivity contribution in [2.45, 2.75) is 19.4 Å². The highest BCUT2D eigenvalue weighted by atomic mass is 16.5. The van der Waals surface area contributed by atoms with Gasteiger partial charge in [0.25, 0.3) is 5.91 Å². The second kappa shape index (κ2) is 7.39. The Morgan fingerprint density at radius 3 is 2.62 bits per heavy atom. The van der Waals surface area contributed by atoms with E-state index in [0.717, 1.165) is 13.1 Å². The second-order valence-corrected chi connectivity index (χ2v) is 6.22. The summed E-state index contributed by atoms with van der Waals surface area (Å²) in [6.45, 7) is 2.80. The van der Waals surface area contributed by atoms with Gasteiger partial charge in [-0.15, -0.1) is 0 Å². The third-order valence-electron chi connectivity index (χ3n) is 4.51. The van der Waals surface area contributed by atoms with Crippen LogP contribution in [0.1, 0.15) is 28.8 Å². The van der Waals surface area contributed by atoms with Crippen LogP contribution in [0.3, 0.4) is 0 Å². The van der Waals surface area contributed by atoms with E-state index in [1.165, 1.54) is 24.1 Å². The summed E-state index contributed by atoms with van der Waals surface area (Å²) in [5.74, 6) is 0.705. The normalized spacial score (nSPS) is 13.8. The second-order valence-electron chi connectivity index (χ2n) is 6.22. The summed E-state index contributed by atoms with van der Waals surface area (Å²) in [5.41, 5.74) is 3.09. The maximum Gasteiger partial charge on any atom is 0.254 e. The lowest BCUT2D eigenvalue weighted by Gasteiger charge is -2.24. The SMILES string of the molecule is COc1cccc(C(=O)N(C)Cc2ccccc2N2CCCC2)c1. The quantitative estimate of drug-likeness (QED) is 0.843. The molecule has 1 fully saturated rings. The smallest absolute Gasteiger partial charge is 0.254 e. The molecule has 0 spiro atoms. The fourth-order valence-electron chi connectivity index (χ4n) is 3.21. The molecule has 0 unspecified atom stereocenters. The number of carbonyl (C=O) groups is 1. The molecule has 4 nitrogen and oxygen atoms in total. The number of para-hydroxylation sites is 1. The first-order chi connectivity index (χ1) is 11.7. The van der Waals surface area contributed by atoms with Gasteiger partial charge >= 0.3 is 0 Å². The van der Waals surface area contributed by atoms with Crippen LogP contribution in [0.5, 0.6) is 5.75 Å². The van der Waals surface area contributed by atoms with Crippen molar-refractivity contribution in [3.05, 3.63) is 59.7 Å². The number of anilines is 1. The van der Waals surface area contributed by atoms with E-state index in [4.69, 9.17) is 4.74 Å². The first kappa shape index (κ1) is 16.4. The fraction of sp³-hybridized carbons (Fsp3) is 0.350. The predicted octanol–water partition coefficient (Wildman–Crippen LogP) is 3.57. The number of methoxy groups -OCH3 is 1. The Hall–Kier alpha value is -2.49. The van der Waals surface area contributed by atoms with Gasteiger partial charge in [-0.05, 0) is 42.7 Å². The zero-order valence-corrected chi connectivity index (χ0v) is 14.4. The van der Waals surface area contributed by atoms with Gasteiger partial charge in [0, 0.05) is 37.9 Å². The van der Waals surface area contributed by atoms with Crippen LogP contribution in [-0.4, -0.2) is 38.1 Å². The van der Waals surface area contributed by atoms with Crippen LogP contribution in [0.2, 0.25) is 0 Å². The first-order valence-corrected chi connectivity index (χ1v) is 8.41. The van der Waals surface area contributed by atoms with Gasteiger partial charge in [0.2, 0.25) is 0 Å². The maximum absolute atomic E-state index is 12.7. The van der Waals surface area contributed by atoms with Gasteiger partial charge < -0.3 is 14.5 Å². The zero-order valence-electron chi connectivity index (χ0n) is 14.4. The van der Waals surface area contributed by atoms with E-state index in [-0.39, 0.29) is 5.91 Å². The van der Waals surface area contributed by atoms with Gasteiger partial charge in [-0.1, -0.05) is 24.3 Å². The fourth-order valence-corrected chi connectivity index (χ4v) is 3.21. The number of carbonyl (C=O) groups excluding carboxylic acids is 1. The molecule has 0 atom stereocenters. The van der Waals surface area contributed by atoms with E-state index in [2.05, 4.69) is 23.1 Å². The molecule has 2 aromatic carbocycles. The molecule has 1 aliphatic heterocycles. The van der Waals surface area contributed by atoms with Crippen LogP contribution in [0.15, 0.2) is 48.5 Å². The Morgan fingerprint density at radius 1 is 1.12 bits per heavy atom. The van der Waals surface area contributed by atoms with Crippen LogP contribution in [0, 0.1) is 0 Å². The molecule has 0 radical (unpaired) electrons. The Labute approximate surface area is 143 Å². The Morgan fingerprint density at radius 2 is 1.88 bits per heavy atom. The summed E-state index contributed by atoms with van der Waals surface area (Å²) >= 11 is 0. The minimum absolute atomic E-state index is 0.00475. The highest BCUT2D eigenvalue weighted by Gasteiger charge is 2.18. The van der Waals surface area contributed by atoms with Crippen LogP contribution >= 0.6 is 0 Å². The van der Waals surface area contributed by atoms with E-state index in [9.17, 15) is 4.79 Å². The molecule has 4 heteroatoms. The number of amides is 1. The molecule has 0 bridgehead atoms. The van der Waals surface area contributed by atoms with E-state index in [1.807, 2.05) is 31.3 Å². The highest BCUT2D eigenvalue weighted by molar-refractivity contribution is 5.94. The lowest BCUT2D eigenvalue weighted by atomic mass is 10.1. The summed E-state index contributed by atoms with van der Waals surface area (Å²) in [7, 11) is 3.46.